The van der Waals surface area contributed by atoms with Crippen LogP contribution >= 0.6 is 0 Å². The Morgan fingerprint density at radius 3 is 2.75 bits per heavy atom. The van der Waals surface area contributed by atoms with Crippen LogP contribution in [0.3, 0.4) is 0 Å². The van der Waals surface area contributed by atoms with Crippen LogP contribution in [-0.4, -0.2) is 60.7 Å². The van der Waals surface area contributed by atoms with E-state index in [1.165, 1.54) is 5.56 Å². The third-order valence-corrected chi connectivity index (χ3v) is 6.30. The molecule has 2 aliphatic rings. The van der Waals surface area contributed by atoms with Gasteiger partial charge in [0.15, 0.2) is 0 Å². The molecule has 0 radical (unpaired) electrons. The molecule has 2 atom stereocenters. The maximum Gasteiger partial charge on any atom is 0.254 e. The van der Waals surface area contributed by atoms with Gasteiger partial charge >= 0.3 is 0 Å². The van der Waals surface area contributed by atoms with Gasteiger partial charge in [0.1, 0.15) is 5.75 Å². The molecule has 2 aromatic carbocycles. The Kier molecular flexibility index (Phi) is 5.38. The largest absolute Gasteiger partial charge is 0.497 e. The first-order chi connectivity index (χ1) is 13.6. The molecule has 5 heteroatoms. The highest BCUT2D eigenvalue weighted by atomic mass is 16.5. The van der Waals surface area contributed by atoms with Crippen LogP contribution in [0.5, 0.6) is 5.75 Å². The molecular weight excluding hydrogens is 352 g/mol. The molecule has 0 spiro atoms. The minimum atomic E-state index is -0.235. The number of aliphatic hydroxyl groups is 1. The second-order valence-electron chi connectivity index (χ2n) is 8.12. The van der Waals surface area contributed by atoms with Crippen LogP contribution in [-0.2, 0) is 6.54 Å². The van der Waals surface area contributed by atoms with Crippen molar-refractivity contribution in [3.8, 4) is 5.75 Å². The monoisotopic (exact) mass is 380 g/mol. The number of hydrogen-bond donors (Lipinski definition) is 1. The summed E-state index contributed by atoms with van der Waals surface area (Å²) in [6, 6.07) is 17.8. The lowest BCUT2D eigenvalue weighted by Gasteiger charge is -2.43. The smallest absolute Gasteiger partial charge is 0.254 e. The molecule has 2 unspecified atom stereocenters. The van der Waals surface area contributed by atoms with Crippen molar-refractivity contribution in [3.05, 3.63) is 65.7 Å². The topological polar surface area (TPSA) is 53.0 Å². The number of aliphatic hydroxyl groups excluding tert-OH is 1. The molecule has 1 amide bonds. The van der Waals surface area contributed by atoms with E-state index >= 15 is 0 Å². The summed E-state index contributed by atoms with van der Waals surface area (Å²) in [6.45, 7) is 4.16. The van der Waals surface area contributed by atoms with E-state index in [0.717, 1.165) is 32.6 Å². The first-order valence-electron chi connectivity index (χ1n) is 9.94. The fraction of sp³-hybridized carbons (Fsp3) is 0.435. The van der Waals surface area contributed by atoms with Crippen molar-refractivity contribution in [1.82, 2.24) is 9.80 Å². The van der Waals surface area contributed by atoms with Gasteiger partial charge in [-0.2, -0.15) is 0 Å². The normalized spacial score (nSPS) is 24.8. The zero-order chi connectivity index (χ0) is 19.6. The van der Waals surface area contributed by atoms with Gasteiger partial charge in [-0.1, -0.05) is 36.4 Å². The van der Waals surface area contributed by atoms with E-state index in [2.05, 4.69) is 29.2 Å². The predicted molar refractivity (Wildman–Crippen MR) is 108 cm³/mol. The fourth-order valence-electron chi connectivity index (χ4n) is 4.79. The molecule has 28 heavy (non-hydrogen) atoms. The molecule has 0 bridgehead atoms. The first-order valence-corrected chi connectivity index (χ1v) is 9.94. The Hall–Kier alpha value is -2.37. The number of likely N-dealkylation sites (tertiary alicyclic amines) is 2. The molecule has 2 aromatic rings. The van der Waals surface area contributed by atoms with Crippen LogP contribution in [0.25, 0.3) is 0 Å². The van der Waals surface area contributed by atoms with Crippen molar-refractivity contribution in [3.63, 3.8) is 0 Å². The number of carbonyl (C=O) groups is 1. The van der Waals surface area contributed by atoms with Crippen LogP contribution < -0.4 is 4.74 Å². The second-order valence-corrected chi connectivity index (χ2v) is 8.12. The van der Waals surface area contributed by atoms with Crippen LogP contribution in [0, 0.1) is 11.3 Å². The number of hydrogen-bond acceptors (Lipinski definition) is 4. The molecule has 2 fully saturated rings. The number of ether oxygens (including phenoxy) is 1. The maximum atomic E-state index is 13.1. The third kappa shape index (κ3) is 3.64. The highest BCUT2D eigenvalue weighted by Gasteiger charge is 2.50. The summed E-state index contributed by atoms with van der Waals surface area (Å²) in [4.78, 5) is 17.4. The van der Waals surface area contributed by atoms with E-state index in [9.17, 15) is 9.90 Å². The summed E-state index contributed by atoms with van der Waals surface area (Å²) < 4.78 is 5.26. The molecular formula is C23H28N2O3. The lowest BCUT2D eigenvalue weighted by atomic mass is 9.74. The van der Waals surface area contributed by atoms with Gasteiger partial charge in [-0.25, -0.2) is 0 Å². The molecule has 2 saturated heterocycles. The quantitative estimate of drug-likeness (QED) is 0.867. The predicted octanol–water partition coefficient (Wildman–Crippen LogP) is 2.65. The lowest BCUT2D eigenvalue weighted by Crippen LogP contribution is -2.52. The van der Waals surface area contributed by atoms with Crippen molar-refractivity contribution in [1.29, 1.82) is 0 Å². The Morgan fingerprint density at radius 1 is 1.18 bits per heavy atom. The summed E-state index contributed by atoms with van der Waals surface area (Å²) in [6.07, 6.45) is 0.932. The van der Waals surface area contributed by atoms with E-state index in [1.807, 2.05) is 29.2 Å². The van der Waals surface area contributed by atoms with E-state index in [4.69, 9.17) is 4.74 Å². The number of amides is 1. The van der Waals surface area contributed by atoms with Gasteiger partial charge in [0, 0.05) is 43.7 Å². The Balaban J connectivity index is 1.48. The summed E-state index contributed by atoms with van der Waals surface area (Å²) in [5, 5.41) is 10.3. The van der Waals surface area contributed by atoms with E-state index in [1.54, 1.807) is 13.2 Å². The summed E-state index contributed by atoms with van der Waals surface area (Å²) in [5.41, 5.74) is 1.70. The molecule has 1 N–H and O–H groups in total. The van der Waals surface area contributed by atoms with Gasteiger partial charge in [-0.3, -0.25) is 9.69 Å². The van der Waals surface area contributed by atoms with Crippen LogP contribution in [0.1, 0.15) is 22.3 Å². The number of benzene rings is 2. The second kappa shape index (κ2) is 7.94. The lowest BCUT2D eigenvalue weighted by molar-refractivity contribution is 0.0117. The average Bonchev–Trinajstić information content (AvgIpc) is 3.11. The zero-order valence-corrected chi connectivity index (χ0v) is 16.4. The van der Waals surface area contributed by atoms with Crippen LogP contribution in [0.15, 0.2) is 54.6 Å². The molecule has 4 rings (SSSR count). The Morgan fingerprint density at radius 2 is 2.00 bits per heavy atom. The van der Waals surface area contributed by atoms with E-state index in [0.29, 0.717) is 23.8 Å². The summed E-state index contributed by atoms with van der Waals surface area (Å²) in [7, 11) is 1.61. The van der Waals surface area contributed by atoms with Crippen molar-refractivity contribution < 1.29 is 14.6 Å². The number of piperidine rings is 1. The molecule has 0 aliphatic carbocycles. The number of nitrogens with zero attached hydrogens (tertiary/aromatic N) is 2. The number of rotatable bonds is 5. The van der Waals surface area contributed by atoms with E-state index < -0.39 is 0 Å². The van der Waals surface area contributed by atoms with Crippen LogP contribution in [0.4, 0.5) is 0 Å². The fourth-order valence-corrected chi connectivity index (χ4v) is 4.79. The Labute approximate surface area is 166 Å². The van der Waals surface area contributed by atoms with Gasteiger partial charge < -0.3 is 14.7 Å². The molecule has 0 saturated carbocycles. The molecule has 2 aliphatic heterocycles. The maximum absolute atomic E-state index is 13.1. The highest BCUT2D eigenvalue weighted by molar-refractivity contribution is 5.94. The summed E-state index contributed by atoms with van der Waals surface area (Å²) >= 11 is 0. The van der Waals surface area contributed by atoms with Crippen molar-refractivity contribution in [2.45, 2.75) is 13.0 Å². The standard InChI is InChI=1S/C23H28N2O3/c1-28-21-9-5-8-19(12-21)22(27)25-11-10-20-14-24(15-23(20,16-25)17-26)13-18-6-3-2-4-7-18/h2-9,12,20,26H,10-11,13-17H2,1H3. The van der Waals surface area contributed by atoms with Gasteiger partial charge in [0.05, 0.1) is 13.7 Å². The third-order valence-electron chi connectivity index (χ3n) is 6.30. The molecule has 0 aromatic heterocycles. The summed E-state index contributed by atoms with van der Waals surface area (Å²) in [5.74, 6) is 1.13. The van der Waals surface area contributed by atoms with Crippen molar-refractivity contribution in [2.75, 3.05) is 39.9 Å². The zero-order valence-electron chi connectivity index (χ0n) is 16.4. The van der Waals surface area contributed by atoms with Crippen molar-refractivity contribution >= 4 is 5.91 Å². The minimum Gasteiger partial charge on any atom is -0.497 e. The molecule has 5 nitrogen and oxygen atoms in total. The van der Waals surface area contributed by atoms with E-state index in [-0.39, 0.29) is 17.9 Å². The minimum absolute atomic E-state index is 0.0201. The molecule has 2 heterocycles. The van der Waals surface area contributed by atoms with Crippen LogP contribution in [0.2, 0.25) is 0 Å². The number of carbonyl (C=O) groups excluding carboxylic acids is 1. The van der Waals surface area contributed by atoms with Gasteiger partial charge in [-0.15, -0.1) is 0 Å². The molecule has 148 valence electrons. The number of methoxy groups -OCH3 is 1. The Bertz CT molecular complexity index is 826. The highest BCUT2D eigenvalue weighted by Crippen LogP contribution is 2.42. The first kappa shape index (κ1) is 19.0. The van der Waals surface area contributed by atoms with Gasteiger partial charge in [0.25, 0.3) is 5.91 Å². The average molecular weight is 380 g/mol. The van der Waals surface area contributed by atoms with Gasteiger partial charge in [0.2, 0.25) is 0 Å². The van der Waals surface area contributed by atoms with Crippen molar-refractivity contribution in [2.24, 2.45) is 11.3 Å². The SMILES string of the molecule is COc1cccc(C(=O)N2CCC3CN(Cc4ccccc4)CC3(CO)C2)c1. The number of fused-ring (bicyclic) bond motifs is 1. The van der Waals surface area contributed by atoms with Gasteiger partial charge in [-0.05, 0) is 36.1 Å².